The van der Waals surface area contributed by atoms with Crippen molar-refractivity contribution in [2.24, 2.45) is 5.92 Å². The van der Waals surface area contributed by atoms with E-state index in [-0.39, 0.29) is 29.2 Å². The summed E-state index contributed by atoms with van der Waals surface area (Å²) in [6.07, 6.45) is 1.22. The Kier molecular flexibility index (Phi) is 7.80. The molecule has 0 N–H and O–H groups in total. The first-order valence-corrected chi connectivity index (χ1v) is 11.2. The van der Waals surface area contributed by atoms with E-state index in [4.69, 9.17) is 9.47 Å². The average molecular weight is 510 g/mol. The Balaban J connectivity index is 1.57. The van der Waals surface area contributed by atoms with Crippen molar-refractivity contribution in [2.45, 2.75) is 26.1 Å². The van der Waals surface area contributed by atoms with E-state index in [1.54, 1.807) is 6.07 Å². The Morgan fingerprint density at radius 2 is 1.44 bits per heavy atom. The lowest BCUT2D eigenvalue weighted by Crippen LogP contribution is -2.27. The van der Waals surface area contributed by atoms with Crippen molar-refractivity contribution in [1.82, 2.24) is 0 Å². The van der Waals surface area contributed by atoms with E-state index in [1.165, 1.54) is 12.1 Å². The SMILES string of the molecule is CCCC1COC(c2ccc(-c3ccc(/C(F)=C(\F)c4cc(F)c(F)c(F)c4)c(F)c3)c(F)c2)OC1. The summed E-state index contributed by atoms with van der Waals surface area (Å²) in [6.45, 7) is 3.04. The van der Waals surface area contributed by atoms with Gasteiger partial charge in [-0.15, -0.1) is 0 Å². The maximum Gasteiger partial charge on any atom is 0.194 e. The third-order valence-corrected chi connectivity index (χ3v) is 5.88. The van der Waals surface area contributed by atoms with E-state index in [9.17, 15) is 30.7 Å². The van der Waals surface area contributed by atoms with Crippen LogP contribution in [0.2, 0.25) is 0 Å². The van der Waals surface area contributed by atoms with Crippen LogP contribution in [0.25, 0.3) is 22.8 Å². The Hall–Kier alpha value is -3.17. The number of benzene rings is 3. The molecule has 0 unspecified atom stereocenters. The molecular weight excluding hydrogens is 489 g/mol. The van der Waals surface area contributed by atoms with Crippen LogP contribution in [0.3, 0.4) is 0 Å². The highest BCUT2D eigenvalue weighted by Gasteiger charge is 2.24. The predicted octanol–water partition coefficient (Wildman–Crippen LogP) is 8.28. The summed E-state index contributed by atoms with van der Waals surface area (Å²) in [5.41, 5.74) is -1.32. The summed E-state index contributed by atoms with van der Waals surface area (Å²) >= 11 is 0. The van der Waals surface area contributed by atoms with Crippen LogP contribution in [0.4, 0.5) is 30.7 Å². The fraction of sp³-hybridized carbons (Fsp3) is 0.259. The quantitative estimate of drug-likeness (QED) is 0.189. The van der Waals surface area contributed by atoms with Gasteiger partial charge in [0.2, 0.25) is 0 Å². The molecule has 0 bridgehead atoms. The van der Waals surface area contributed by atoms with Crippen molar-refractivity contribution in [3.63, 3.8) is 0 Å². The van der Waals surface area contributed by atoms with Gasteiger partial charge < -0.3 is 9.47 Å². The summed E-state index contributed by atoms with van der Waals surface area (Å²) in [5.74, 6) is -10.5. The molecule has 0 radical (unpaired) electrons. The molecule has 1 fully saturated rings. The summed E-state index contributed by atoms with van der Waals surface area (Å²) < 4.78 is 110. The molecule has 0 aliphatic carbocycles. The lowest BCUT2D eigenvalue weighted by Gasteiger charge is -2.29. The topological polar surface area (TPSA) is 18.5 Å². The largest absolute Gasteiger partial charge is 0.348 e. The standard InChI is InChI=1S/C27H21F7O2/c1-2-3-14-12-35-27(36-13-14)16-5-6-18(20(28)9-16)15-4-7-19(21(29)8-15)25(33)24(32)17-10-22(30)26(34)23(31)11-17/h4-11,14,27H,2-3,12-13H2,1H3/b25-24+. The van der Waals surface area contributed by atoms with E-state index in [2.05, 4.69) is 6.92 Å². The van der Waals surface area contributed by atoms with Gasteiger partial charge in [0.25, 0.3) is 0 Å². The van der Waals surface area contributed by atoms with Gasteiger partial charge in [0, 0.05) is 28.2 Å². The van der Waals surface area contributed by atoms with E-state index in [1.807, 2.05) is 0 Å². The van der Waals surface area contributed by atoms with Crippen LogP contribution in [0.15, 0.2) is 48.5 Å². The molecule has 0 amide bonds. The Bertz CT molecular complexity index is 1270. The number of rotatable bonds is 6. The summed E-state index contributed by atoms with van der Waals surface area (Å²) in [4.78, 5) is 0. The molecule has 0 spiro atoms. The minimum absolute atomic E-state index is 0.00333. The van der Waals surface area contributed by atoms with Crippen LogP contribution in [0.1, 0.15) is 42.7 Å². The molecule has 36 heavy (non-hydrogen) atoms. The first-order chi connectivity index (χ1) is 17.2. The number of hydrogen-bond donors (Lipinski definition) is 0. The van der Waals surface area contributed by atoms with Crippen LogP contribution in [-0.2, 0) is 9.47 Å². The van der Waals surface area contributed by atoms with E-state index in [0.29, 0.717) is 18.8 Å². The normalized spacial score (nSPS) is 18.8. The summed E-state index contributed by atoms with van der Waals surface area (Å²) in [5, 5.41) is 0. The lowest BCUT2D eigenvalue weighted by molar-refractivity contribution is -0.206. The zero-order chi connectivity index (χ0) is 26.0. The highest BCUT2D eigenvalue weighted by molar-refractivity contribution is 5.84. The highest BCUT2D eigenvalue weighted by Crippen LogP contribution is 2.35. The van der Waals surface area contributed by atoms with Gasteiger partial charge in [-0.3, -0.25) is 0 Å². The Morgan fingerprint density at radius 3 is 2.03 bits per heavy atom. The van der Waals surface area contributed by atoms with Crippen LogP contribution >= 0.6 is 0 Å². The molecule has 1 heterocycles. The minimum Gasteiger partial charge on any atom is -0.348 e. The van der Waals surface area contributed by atoms with E-state index < -0.39 is 58.2 Å². The van der Waals surface area contributed by atoms with Gasteiger partial charge in [0.15, 0.2) is 35.4 Å². The fourth-order valence-corrected chi connectivity index (χ4v) is 4.01. The number of hydrogen-bond acceptors (Lipinski definition) is 2. The van der Waals surface area contributed by atoms with Gasteiger partial charge in [0.05, 0.1) is 13.2 Å². The van der Waals surface area contributed by atoms with Gasteiger partial charge in [-0.1, -0.05) is 31.5 Å². The molecule has 1 aliphatic heterocycles. The monoisotopic (exact) mass is 510 g/mol. The molecule has 190 valence electrons. The molecule has 3 aromatic carbocycles. The third-order valence-electron chi connectivity index (χ3n) is 5.88. The molecule has 0 atom stereocenters. The molecule has 1 aliphatic rings. The van der Waals surface area contributed by atoms with Gasteiger partial charge >= 0.3 is 0 Å². The molecule has 0 saturated carbocycles. The summed E-state index contributed by atoms with van der Waals surface area (Å²) in [7, 11) is 0. The van der Waals surface area contributed by atoms with Crippen molar-refractivity contribution in [1.29, 1.82) is 0 Å². The summed E-state index contributed by atoms with van der Waals surface area (Å²) in [6, 6.07) is 7.48. The van der Waals surface area contributed by atoms with Gasteiger partial charge in [0.1, 0.15) is 11.6 Å². The molecule has 4 rings (SSSR count). The first-order valence-electron chi connectivity index (χ1n) is 11.2. The van der Waals surface area contributed by atoms with Crippen molar-refractivity contribution in [2.75, 3.05) is 13.2 Å². The average Bonchev–Trinajstić information content (AvgIpc) is 2.86. The molecular formula is C27H21F7O2. The number of halogens is 7. The Morgan fingerprint density at radius 1 is 0.778 bits per heavy atom. The zero-order valence-corrected chi connectivity index (χ0v) is 19.1. The van der Waals surface area contributed by atoms with Crippen molar-refractivity contribution < 1.29 is 40.2 Å². The Labute approximate surface area is 203 Å². The first kappa shape index (κ1) is 25.9. The smallest absolute Gasteiger partial charge is 0.194 e. The minimum atomic E-state index is -1.85. The molecule has 1 saturated heterocycles. The van der Waals surface area contributed by atoms with Crippen LogP contribution in [0.5, 0.6) is 0 Å². The maximum absolute atomic E-state index is 14.9. The molecule has 2 nitrogen and oxygen atoms in total. The second kappa shape index (κ2) is 10.8. The molecule has 3 aromatic rings. The highest BCUT2D eigenvalue weighted by atomic mass is 19.2. The van der Waals surface area contributed by atoms with Crippen molar-refractivity contribution >= 4 is 11.7 Å². The lowest BCUT2D eigenvalue weighted by atomic mass is 9.99. The fourth-order valence-electron chi connectivity index (χ4n) is 4.01. The van der Waals surface area contributed by atoms with E-state index >= 15 is 0 Å². The van der Waals surface area contributed by atoms with Gasteiger partial charge in [-0.05, 0) is 42.3 Å². The third kappa shape index (κ3) is 5.32. The second-order valence-electron chi connectivity index (χ2n) is 8.47. The van der Waals surface area contributed by atoms with Crippen LogP contribution in [0, 0.1) is 35.0 Å². The van der Waals surface area contributed by atoms with E-state index in [0.717, 1.165) is 31.0 Å². The maximum atomic E-state index is 14.9. The van der Waals surface area contributed by atoms with Crippen molar-refractivity contribution in [3.8, 4) is 11.1 Å². The van der Waals surface area contributed by atoms with Gasteiger partial charge in [-0.2, -0.15) is 0 Å². The van der Waals surface area contributed by atoms with Crippen LogP contribution < -0.4 is 0 Å². The molecule has 0 aromatic heterocycles. The predicted molar refractivity (Wildman–Crippen MR) is 120 cm³/mol. The van der Waals surface area contributed by atoms with Crippen LogP contribution in [-0.4, -0.2) is 13.2 Å². The zero-order valence-electron chi connectivity index (χ0n) is 19.1. The van der Waals surface area contributed by atoms with Crippen molar-refractivity contribution in [3.05, 3.63) is 94.3 Å². The van der Waals surface area contributed by atoms with Gasteiger partial charge in [-0.25, -0.2) is 30.7 Å². The number of ether oxygens (including phenoxy) is 2. The molecule has 9 heteroatoms. The second-order valence-corrected chi connectivity index (χ2v) is 8.47.